The van der Waals surface area contributed by atoms with E-state index in [0.717, 1.165) is 5.56 Å². The predicted molar refractivity (Wildman–Crippen MR) is 144 cm³/mol. The van der Waals surface area contributed by atoms with Crippen molar-refractivity contribution in [2.75, 3.05) is 5.73 Å². The Kier molecular flexibility index (Phi) is 8.35. The maximum absolute atomic E-state index is 13.9. The van der Waals surface area contributed by atoms with E-state index in [1.807, 2.05) is 30.3 Å². The third-order valence-electron chi connectivity index (χ3n) is 5.77. The molecule has 4 rings (SSSR count). The average molecular weight is 552 g/mol. The van der Waals surface area contributed by atoms with Gasteiger partial charge in [0.25, 0.3) is 11.8 Å². The maximum Gasteiger partial charge on any atom is 0.270 e. The minimum absolute atomic E-state index is 0.0613. The van der Waals surface area contributed by atoms with Gasteiger partial charge < -0.3 is 21.7 Å². The van der Waals surface area contributed by atoms with E-state index in [1.54, 1.807) is 24.3 Å². The quantitative estimate of drug-likeness (QED) is 0.285. The van der Waals surface area contributed by atoms with Crippen molar-refractivity contribution in [1.29, 1.82) is 0 Å². The second-order valence-electron chi connectivity index (χ2n) is 8.32. The van der Waals surface area contributed by atoms with Gasteiger partial charge in [-0.2, -0.15) is 4.37 Å². The zero-order valence-corrected chi connectivity index (χ0v) is 21.5. The Morgan fingerprint density at radius 1 is 1.00 bits per heavy atom. The van der Waals surface area contributed by atoms with Crippen LogP contribution in [0.4, 0.5) is 10.1 Å². The molecule has 8 nitrogen and oxygen atoms in total. The number of primary amides is 1. The van der Waals surface area contributed by atoms with Crippen LogP contribution in [0.1, 0.15) is 42.9 Å². The van der Waals surface area contributed by atoms with Gasteiger partial charge in [-0.15, -0.1) is 0 Å². The Balaban J connectivity index is 1.79. The van der Waals surface area contributed by atoms with Crippen LogP contribution in [0.3, 0.4) is 0 Å². The van der Waals surface area contributed by atoms with Gasteiger partial charge in [-0.25, -0.2) is 4.39 Å². The van der Waals surface area contributed by atoms with Gasteiger partial charge in [0.2, 0.25) is 5.91 Å². The number of nitrogens with two attached hydrogens (primary N) is 2. The molecule has 38 heavy (non-hydrogen) atoms. The summed E-state index contributed by atoms with van der Waals surface area (Å²) < 4.78 is 17.7. The van der Waals surface area contributed by atoms with Crippen LogP contribution < -0.4 is 16.8 Å². The first-order valence-corrected chi connectivity index (χ1v) is 12.6. The highest BCUT2D eigenvalue weighted by Gasteiger charge is 2.35. The lowest BCUT2D eigenvalue weighted by Crippen LogP contribution is -2.43. The summed E-state index contributed by atoms with van der Waals surface area (Å²) in [5, 5.41) is 3.24. The van der Waals surface area contributed by atoms with Crippen LogP contribution in [-0.4, -0.2) is 27.0 Å². The number of halogens is 2. The van der Waals surface area contributed by atoms with Crippen molar-refractivity contribution < 1.29 is 18.8 Å². The van der Waals surface area contributed by atoms with Crippen LogP contribution in [0.15, 0.2) is 78.9 Å². The first-order valence-electron chi connectivity index (χ1n) is 11.4. The van der Waals surface area contributed by atoms with Gasteiger partial charge in [0.15, 0.2) is 5.69 Å². The molecule has 0 aliphatic carbocycles. The number of amides is 3. The van der Waals surface area contributed by atoms with Gasteiger partial charge >= 0.3 is 0 Å². The van der Waals surface area contributed by atoms with Crippen molar-refractivity contribution in [3.8, 4) is 0 Å². The van der Waals surface area contributed by atoms with Gasteiger partial charge in [-0.05, 0) is 46.4 Å². The summed E-state index contributed by atoms with van der Waals surface area (Å²) >= 11 is 7.11. The van der Waals surface area contributed by atoms with E-state index < -0.39 is 29.6 Å². The van der Waals surface area contributed by atoms with E-state index in [-0.39, 0.29) is 29.3 Å². The number of nitrogens with one attached hydrogen (secondary N) is 1. The molecule has 11 heteroatoms. The summed E-state index contributed by atoms with van der Waals surface area (Å²) in [5.41, 5.74) is 12.7. The van der Waals surface area contributed by atoms with Gasteiger partial charge in [-0.3, -0.25) is 14.4 Å². The molecule has 0 radical (unpaired) electrons. The molecule has 3 amide bonds. The standard InChI is InChI=1S/C27H23ClFN5O3S/c28-20-9-5-4-8-18(20)15-34(27(37)24-21(30)22(25(31)35)33-38-24)23(17-10-12-19(29)13-11-17)26(36)32-14-16-6-2-1-3-7-16/h1-13,23H,14-15,30H2,(H2,31,35)(H,32,36)/t23-/m1/s1. The highest BCUT2D eigenvalue weighted by Crippen LogP contribution is 2.31. The number of aromatic nitrogens is 1. The number of carbonyl (C=O) groups excluding carboxylic acids is 3. The summed E-state index contributed by atoms with van der Waals surface area (Å²) in [4.78, 5) is 40.6. The first kappa shape index (κ1) is 26.8. The SMILES string of the molecule is NC(=O)c1nsc(C(=O)N(Cc2ccccc2Cl)[C@@H](C(=O)NCc2ccccc2)c2ccc(F)cc2)c1N. The Labute approximate surface area is 227 Å². The lowest BCUT2D eigenvalue weighted by Gasteiger charge is -2.31. The van der Waals surface area contributed by atoms with Crippen molar-refractivity contribution in [2.24, 2.45) is 5.73 Å². The normalized spacial score (nSPS) is 11.5. The molecule has 1 aromatic heterocycles. The number of carbonyl (C=O) groups is 3. The molecule has 0 saturated heterocycles. The van der Waals surface area contributed by atoms with Crippen LogP contribution in [0.25, 0.3) is 0 Å². The van der Waals surface area contributed by atoms with Crippen LogP contribution >= 0.6 is 23.1 Å². The fraction of sp³-hybridized carbons (Fsp3) is 0.111. The molecule has 0 aliphatic rings. The summed E-state index contributed by atoms with van der Waals surface area (Å²) in [6.07, 6.45) is 0. The van der Waals surface area contributed by atoms with E-state index >= 15 is 0 Å². The summed E-state index contributed by atoms with van der Waals surface area (Å²) in [7, 11) is 0. The zero-order chi connectivity index (χ0) is 27.2. The topological polar surface area (TPSA) is 131 Å². The number of hydrogen-bond acceptors (Lipinski definition) is 6. The molecule has 0 spiro atoms. The summed E-state index contributed by atoms with van der Waals surface area (Å²) in [5.74, 6) is -2.57. The highest BCUT2D eigenvalue weighted by atomic mass is 35.5. The number of benzene rings is 3. The monoisotopic (exact) mass is 551 g/mol. The molecule has 194 valence electrons. The van der Waals surface area contributed by atoms with Crippen LogP contribution in [0.5, 0.6) is 0 Å². The third-order valence-corrected chi connectivity index (χ3v) is 6.99. The van der Waals surface area contributed by atoms with Gasteiger partial charge in [0.1, 0.15) is 16.7 Å². The molecule has 0 bridgehead atoms. The van der Waals surface area contributed by atoms with E-state index in [9.17, 15) is 18.8 Å². The molecular formula is C27H23ClFN5O3S. The smallest absolute Gasteiger partial charge is 0.270 e. The second-order valence-corrected chi connectivity index (χ2v) is 9.50. The van der Waals surface area contributed by atoms with Gasteiger partial charge in [-0.1, -0.05) is 72.3 Å². The largest absolute Gasteiger partial charge is 0.395 e. The van der Waals surface area contributed by atoms with Crippen molar-refractivity contribution in [1.82, 2.24) is 14.6 Å². The molecular weight excluding hydrogens is 529 g/mol. The van der Waals surface area contributed by atoms with Crippen molar-refractivity contribution in [3.05, 3.63) is 117 Å². The fourth-order valence-corrected chi connectivity index (χ4v) is 4.81. The fourth-order valence-electron chi connectivity index (χ4n) is 3.85. The number of nitrogens with zero attached hydrogens (tertiary/aromatic N) is 2. The molecule has 5 N–H and O–H groups in total. The Hall–Kier alpha value is -4.28. The number of hydrogen-bond donors (Lipinski definition) is 3. The minimum Gasteiger partial charge on any atom is -0.395 e. The molecule has 3 aromatic carbocycles. The van der Waals surface area contributed by atoms with E-state index in [4.69, 9.17) is 23.1 Å². The Morgan fingerprint density at radius 2 is 1.66 bits per heavy atom. The van der Waals surface area contributed by atoms with Crippen molar-refractivity contribution >= 4 is 46.5 Å². The molecule has 0 unspecified atom stereocenters. The van der Waals surface area contributed by atoms with Crippen LogP contribution in [-0.2, 0) is 17.9 Å². The van der Waals surface area contributed by atoms with Crippen molar-refractivity contribution in [2.45, 2.75) is 19.1 Å². The number of anilines is 1. The lowest BCUT2D eigenvalue weighted by atomic mass is 10.0. The zero-order valence-electron chi connectivity index (χ0n) is 19.9. The van der Waals surface area contributed by atoms with E-state index in [2.05, 4.69) is 9.69 Å². The molecule has 4 aromatic rings. The maximum atomic E-state index is 13.9. The van der Waals surface area contributed by atoms with E-state index in [0.29, 0.717) is 27.7 Å². The average Bonchev–Trinajstić information content (AvgIpc) is 3.31. The number of rotatable bonds is 9. The molecule has 0 saturated carbocycles. The molecule has 0 fully saturated rings. The molecule has 0 aliphatic heterocycles. The lowest BCUT2D eigenvalue weighted by molar-refractivity contribution is -0.126. The van der Waals surface area contributed by atoms with Crippen LogP contribution in [0.2, 0.25) is 5.02 Å². The summed E-state index contributed by atoms with van der Waals surface area (Å²) in [6.45, 7) is 0.0998. The number of nitrogen functional groups attached to an aromatic ring is 1. The summed E-state index contributed by atoms with van der Waals surface area (Å²) in [6, 6.07) is 20.2. The van der Waals surface area contributed by atoms with E-state index in [1.165, 1.54) is 29.2 Å². The van der Waals surface area contributed by atoms with Gasteiger partial charge in [0.05, 0.1) is 5.69 Å². The second kappa shape index (κ2) is 11.8. The highest BCUT2D eigenvalue weighted by molar-refractivity contribution is 7.09. The Bertz CT molecular complexity index is 1460. The van der Waals surface area contributed by atoms with Gasteiger partial charge in [0, 0.05) is 18.1 Å². The third kappa shape index (κ3) is 5.99. The first-order chi connectivity index (χ1) is 18.3. The Morgan fingerprint density at radius 3 is 2.29 bits per heavy atom. The predicted octanol–water partition coefficient (Wildman–Crippen LogP) is 4.32. The van der Waals surface area contributed by atoms with Crippen molar-refractivity contribution in [3.63, 3.8) is 0 Å². The molecule has 1 heterocycles. The molecule has 1 atom stereocenters. The van der Waals surface area contributed by atoms with Crippen LogP contribution in [0, 0.1) is 5.82 Å². The minimum atomic E-state index is -1.21.